The first-order chi connectivity index (χ1) is 11.3. The lowest BCUT2D eigenvalue weighted by molar-refractivity contribution is 0.318. The van der Waals surface area contributed by atoms with Crippen molar-refractivity contribution < 1.29 is 9.84 Å². The molecule has 0 aliphatic carbocycles. The standard InChI is InChI=1S/C16H21N5O3/c1-5-24-11-8-6-7-10(12(11)22)9-17-20-14-13(16(2,3)4)19-21-15(23)18-14/h6-9,22H,5H2,1-4H3,(H2,18,20,21,23)/b17-9+. The van der Waals surface area contributed by atoms with Crippen LogP contribution in [0.3, 0.4) is 0 Å². The van der Waals surface area contributed by atoms with Gasteiger partial charge in [0, 0.05) is 11.0 Å². The molecular formula is C16H21N5O3. The van der Waals surface area contributed by atoms with Crippen LogP contribution in [0, 0.1) is 0 Å². The smallest absolute Gasteiger partial charge is 0.363 e. The number of benzene rings is 1. The number of hydrazone groups is 1. The Morgan fingerprint density at radius 2 is 2.17 bits per heavy atom. The van der Waals surface area contributed by atoms with E-state index >= 15 is 0 Å². The van der Waals surface area contributed by atoms with Crippen LogP contribution in [-0.4, -0.2) is 33.1 Å². The van der Waals surface area contributed by atoms with E-state index in [1.807, 2.05) is 27.7 Å². The third kappa shape index (κ3) is 4.09. The summed E-state index contributed by atoms with van der Waals surface area (Å²) in [5.41, 5.74) is 2.87. The average molecular weight is 331 g/mol. The molecule has 0 atom stereocenters. The number of para-hydroxylation sites is 1. The van der Waals surface area contributed by atoms with E-state index in [0.717, 1.165) is 0 Å². The fraction of sp³-hybridized carbons (Fsp3) is 0.375. The molecule has 0 aliphatic rings. The molecule has 0 unspecified atom stereocenters. The number of rotatable bonds is 5. The zero-order chi connectivity index (χ0) is 17.7. The second-order valence-corrected chi connectivity index (χ2v) is 6.08. The molecule has 0 fully saturated rings. The molecule has 0 saturated carbocycles. The van der Waals surface area contributed by atoms with Gasteiger partial charge >= 0.3 is 5.69 Å². The average Bonchev–Trinajstić information content (AvgIpc) is 2.50. The fourth-order valence-electron chi connectivity index (χ4n) is 2.02. The summed E-state index contributed by atoms with van der Waals surface area (Å²) in [4.78, 5) is 15.3. The predicted octanol–water partition coefficient (Wildman–Crippen LogP) is 2.01. The number of anilines is 1. The van der Waals surface area contributed by atoms with Gasteiger partial charge in [0.15, 0.2) is 17.3 Å². The van der Waals surface area contributed by atoms with E-state index in [2.05, 4.69) is 25.7 Å². The Morgan fingerprint density at radius 1 is 1.42 bits per heavy atom. The Hall–Kier alpha value is -2.90. The van der Waals surface area contributed by atoms with Crippen molar-refractivity contribution in [3.05, 3.63) is 39.9 Å². The molecule has 1 aromatic carbocycles. The third-order valence-corrected chi connectivity index (χ3v) is 3.12. The van der Waals surface area contributed by atoms with Gasteiger partial charge in [-0.25, -0.2) is 9.89 Å². The summed E-state index contributed by atoms with van der Waals surface area (Å²) in [6.07, 6.45) is 1.42. The van der Waals surface area contributed by atoms with E-state index < -0.39 is 5.69 Å². The third-order valence-electron chi connectivity index (χ3n) is 3.12. The molecule has 3 N–H and O–H groups in total. The van der Waals surface area contributed by atoms with Crippen molar-refractivity contribution >= 4 is 12.0 Å². The van der Waals surface area contributed by atoms with Gasteiger partial charge in [-0.1, -0.05) is 26.8 Å². The number of phenols is 1. The highest BCUT2D eigenvalue weighted by Crippen LogP contribution is 2.28. The number of hydrogen-bond acceptors (Lipinski definition) is 7. The van der Waals surface area contributed by atoms with Crippen LogP contribution in [0.25, 0.3) is 0 Å². The summed E-state index contributed by atoms with van der Waals surface area (Å²) < 4.78 is 5.32. The van der Waals surface area contributed by atoms with E-state index in [0.29, 0.717) is 23.6 Å². The van der Waals surface area contributed by atoms with E-state index in [-0.39, 0.29) is 17.0 Å². The van der Waals surface area contributed by atoms with Gasteiger partial charge in [0.1, 0.15) is 5.69 Å². The summed E-state index contributed by atoms with van der Waals surface area (Å²) in [5.74, 6) is 0.647. The maximum atomic E-state index is 11.4. The molecule has 1 heterocycles. The van der Waals surface area contributed by atoms with Crippen molar-refractivity contribution in [1.29, 1.82) is 0 Å². The van der Waals surface area contributed by atoms with Crippen LogP contribution in [0.1, 0.15) is 39.0 Å². The van der Waals surface area contributed by atoms with Crippen LogP contribution in [-0.2, 0) is 5.41 Å². The maximum absolute atomic E-state index is 11.4. The van der Waals surface area contributed by atoms with E-state index in [1.165, 1.54) is 6.21 Å². The molecule has 0 aliphatic heterocycles. The van der Waals surface area contributed by atoms with Gasteiger partial charge in [0.25, 0.3) is 0 Å². The Bertz CT molecular complexity index is 793. The van der Waals surface area contributed by atoms with Gasteiger partial charge in [0.05, 0.1) is 12.8 Å². The van der Waals surface area contributed by atoms with E-state index in [4.69, 9.17) is 4.74 Å². The Balaban J connectivity index is 2.26. The Labute approximate surface area is 139 Å². The molecule has 8 nitrogen and oxygen atoms in total. The van der Waals surface area contributed by atoms with Crippen LogP contribution in [0.2, 0.25) is 0 Å². The van der Waals surface area contributed by atoms with Gasteiger partial charge in [-0.05, 0) is 19.1 Å². The molecule has 8 heteroatoms. The summed E-state index contributed by atoms with van der Waals surface area (Å²) >= 11 is 0. The predicted molar refractivity (Wildman–Crippen MR) is 91.8 cm³/mol. The van der Waals surface area contributed by atoms with Crippen LogP contribution >= 0.6 is 0 Å². The first kappa shape index (κ1) is 17.5. The van der Waals surface area contributed by atoms with Crippen LogP contribution in [0.5, 0.6) is 11.5 Å². The summed E-state index contributed by atoms with van der Waals surface area (Å²) in [7, 11) is 0. The Morgan fingerprint density at radius 3 is 2.83 bits per heavy atom. The number of aromatic nitrogens is 3. The van der Waals surface area contributed by atoms with Crippen LogP contribution < -0.4 is 15.9 Å². The number of aromatic amines is 1. The van der Waals surface area contributed by atoms with Crippen molar-refractivity contribution in [2.24, 2.45) is 5.10 Å². The molecule has 128 valence electrons. The topological polar surface area (TPSA) is 112 Å². The van der Waals surface area contributed by atoms with Gasteiger partial charge in [-0.2, -0.15) is 15.2 Å². The fourth-order valence-corrected chi connectivity index (χ4v) is 2.02. The molecule has 0 spiro atoms. The summed E-state index contributed by atoms with van der Waals surface area (Å²) in [5, 5.41) is 20.5. The van der Waals surface area contributed by atoms with Gasteiger partial charge in [-0.3, -0.25) is 5.43 Å². The van der Waals surface area contributed by atoms with Crippen molar-refractivity contribution in [3.63, 3.8) is 0 Å². The molecule has 2 rings (SSSR count). The quantitative estimate of drug-likeness (QED) is 0.571. The largest absolute Gasteiger partial charge is 0.504 e. The first-order valence-electron chi connectivity index (χ1n) is 7.54. The molecule has 0 radical (unpaired) electrons. The van der Waals surface area contributed by atoms with Gasteiger partial charge < -0.3 is 9.84 Å². The lowest BCUT2D eigenvalue weighted by Gasteiger charge is -2.18. The maximum Gasteiger partial charge on any atom is 0.363 e. The molecule has 1 aromatic heterocycles. The lowest BCUT2D eigenvalue weighted by atomic mass is 9.92. The minimum atomic E-state index is -0.568. The van der Waals surface area contributed by atoms with Crippen molar-refractivity contribution in [2.45, 2.75) is 33.1 Å². The number of ether oxygens (including phenoxy) is 1. The highest BCUT2D eigenvalue weighted by Gasteiger charge is 2.21. The lowest BCUT2D eigenvalue weighted by Crippen LogP contribution is -2.24. The van der Waals surface area contributed by atoms with E-state index in [9.17, 15) is 9.90 Å². The molecular weight excluding hydrogens is 310 g/mol. The SMILES string of the molecule is CCOc1cccc(/C=N/Nc2nc(=O)[nH]nc2C(C)(C)C)c1O. The zero-order valence-electron chi connectivity index (χ0n) is 14.1. The van der Waals surface area contributed by atoms with Gasteiger partial charge in [0.2, 0.25) is 0 Å². The normalized spacial score (nSPS) is 11.7. The number of nitrogens with zero attached hydrogens (tertiary/aromatic N) is 3. The molecule has 0 saturated heterocycles. The minimum Gasteiger partial charge on any atom is -0.504 e. The zero-order valence-corrected chi connectivity index (χ0v) is 14.1. The highest BCUT2D eigenvalue weighted by molar-refractivity contribution is 5.85. The second kappa shape index (κ2) is 7.12. The molecule has 2 aromatic rings. The minimum absolute atomic E-state index is 0.00191. The monoisotopic (exact) mass is 331 g/mol. The van der Waals surface area contributed by atoms with E-state index in [1.54, 1.807) is 18.2 Å². The summed E-state index contributed by atoms with van der Waals surface area (Å²) in [6.45, 7) is 8.12. The highest BCUT2D eigenvalue weighted by atomic mass is 16.5. The summed E-state index contributed by atoms with van der Waals surface area (Å²) in [6, 6.07) is 5.11. The Kier molecular flexibility index (Phi) is 5.18. The first-order valence-corrected chi connectivity index (χ1v) is 7.54. The second-order valence-electron chi connectivity index (χ2n) is 6.08. The van der Waals surface area contributed by atoms with Crippen molar-refractivity contribution in [1.82, 2.24) is 15.2 Å². The van der Waals surface area contributed by atoms with Crippen molar-refractivity contribution in [3.8, 4) is 11.5 Å². The van der Waals surface area contributed by atoms with Crippen LogP contribution in [0.4, 0.5) is 5.82 Å². The molecule has 24 heavy (non-hydrogen) atoms. The molecule has 0 amide bonds. The van der Waals surface area contributed by atoms with Crippen molar-refractivity contribution in [2.75, 3.05) is 12.0 Å². The number of phenolic OH excluding ortho intramolecular Hbond substituents is 1. The van der Waals surface area contributed by atoms with Crippen LogP contribution in [0.15, 0.2) is 28.1 Å². The number of aromatic hydroxyl groups is 1. The number of nitrogens with one attached hydrogen (secondary N) is 2. The van der Waals surface area contributed by atoms with Gasteiger partial charge in [-0.15, -0.1) is 0 Å². The number of H-pyrrole nitrogens is 1. The molecule has 0 bridgehead atoms. The number of hydrogen-bond donors (Lipinski definition) is 3.